The monoisotopic (exact) mass is 231 g/mol. The van der Waals surface area contributed by atoms with E-state index < -0.39 is 0 Å². The second-order valence-corrected chi connectivity index (χ2v) is 4.63. The van der Waals surface area contributed by atoms with Gasteiger partial charge in [0.2, 0.25) is 0 Å². The molecular weight excluding hydrogens is 214 g/mol. The van der Waals surface area contributed by atoms with Gasteiger partial charge in [0.1, 0.15) is 6.07 Å². The van der Waals surface area contributed by atoms with E-state index in [0.717, 1.165) is 31.5 Å². The van der Waals surface area contributed by atoms with Crippen LogP contribution < -0.4 is 11.1 Å². The van der Waals surface area contributed by atoms with Crippen LogP contribution in [0.5, 0.6) is 0 Å². The molecular formula is C13H17N3O. The van der Waals surface area contributed by atoms with Gasteiger partial charge in [-0.25, -0.2) is 0 Å². The molecule has 4 N–H and O–H groups in total. The van der Waals surface area contributed by atoms with E-state index in [0.29, 0.717) is 17.2 Å². The fraction of sp³-hybridized carbons (Fsp3) is 0.462. The first kappa shape index (κ1) is 11.7. The Labute approximate surface area is 101 Å². The molecule has 0 heterocycles. The molecule has 1 aliphatic rings. The van der Waals surface area contributed by atoms with Crippen LogP contribution in [0.3, 0.4) is 0 Å². The molecule has 1 aromatic rings. The van der Waals surface area contributed by atoms with Crippen molar-refractivity contribution in [3.63, 3.8) is 0 Å². The molecule has 1 aromatic carbocycles. The molecule has 4 heteroatoms. The molecule has 2 unspecified atom stereocenters. The highest BCUT2D eigenvalue weighted by molar-refractivity contribution is 5.62. The van der Waals surface area contributed by atoms with Gasteiger partial charge in [0.15, 0.2) is 0 Å². The largest absolute Gasteiger partial charge is 0.398 e. The Balaban J connectivity index is 1.91. The van der Waals surface area contributed by atoms with Gasteiger partial charge < -0.3 is 16.2 Å². The number of nitrogens with one attached hydrogen (secondary N) is 1. The maximum atomic E-state index is 9.43. The quantitative estimate of drug-likeness (QED) is 0.692. The summed E-state index contributed by atoms with van der Waals surface area (Å²) in [5.74, 6) is 0.530. The molecule has 1 fully saturated rings. The predicted octanol–water partition coefficient (Wildman–Crippen LogP) is 1.71. The summed E-state index contributed by atoms with van der Waals surface area (Å²) in [5.41, 5.74) is 7.68. The number of anilines is 2. The summed E-state index contributed by atoms with van der Waals surface area (Å²) < 4.78 is 0. The second-order valence-electron chi connectivity index (χ2n) is 4.63. The van der Waals surface area contributed by atoms with Gasteiger partial charge in [-0.2, -0.15) is 5.26 Å². The number of benzene rings is 1. The van der Waals surface area contributed by atoms with Crippen LogP contribution in [0.1, 0.15) is 24.8 Å². The van der Waals surface area contributed by atoms with Crippen LogP contribution >= 0.6 is 0 Å². The van der Waals surface area contributed by atoms with Crippen molar-refractivity contribution in [3.05, 3.63) is 23.8 Å². The van der Waals surface area contributed by atoms with Gasteiger partial charge in [0, 0.05) is 12.2 Å². The summed E-state index contributed by atoms with van der Waals surface area (Å²) in [6.45, 7) is 0.850. The minimum Gasteiger partial charge on any atom is -0.398 e. The van der Waals surface area contributed by atoms with Crippen LogP contribution in [0.25, 0.3) is 0 Å². The number of aliphatic hydroxyl groups excluding tert-OH is 1. The molecule has 0 aliphatic heterocycles. The molecule has 2 atom stereocenters. The van der Waals surface area contributed by atoms with Crippen molar-refractivity contribution >= 4 is 11.4 Å². The molecule has 2 rings (SSSR count). The fourth-order valence-corrected chi connectivity index (χ4v) is 2.27. The van der Waals surface area contributed by atoms with Gasteiger partial charge in [0.05, 0.1) is 17.4 Å². The average molecular weight is 231 g/mol. The highest BCUT2D eigenvalue weighted by Crippen LogP contribution is 2.26. The van der Waals surface area contributed by atoms with Gasteiger partial charge in [-0.05, 0) is 43.4 Å². The third kappa shape index (κ3) is 2.89. The first-order chi connectivity index (χ1) is 8.19. The van der Waals surface area contributed by atoms with Gasteiger partial charge in [0.25, 0.3) is 0 Å². The summed E-state index contributed by atoms with van der Waals surface area (Å²) in [6, 6.07) is 7.41. The van der Waals surface area contributed by atoms with E-state index >= 15 is 0 Å². The lowest BCUT2D eigenvalue weighted by atomic mass is 10.1. The number of nitrogens with zero attached hydrogens (tertiary/aromatic N) is 1. The normalized spacial score (nSPS) is 23.3. The molecule has 0 radical (unpaired) electrons. The zero-order valence-corrected chi connectivity index (χ0v) is 9.69. The summed E-state index contributed by atoms with van der Waals surface area (Å²) in [4.78, 5) is 0. The van der Waals surface area contributed by atoms with Crippen LogP contribution in [0.2, 0.25) is 0 Å². The molecule has 0 bridgehead atoms. The molecule has 4 nitrogen and oxygen atoms in total. The molecule has 90 valence electrons. The minimum atomic E-state index is -0.132. The van der Waals surface area contributed by atoms with Crippen molar-refractivity contribution in [3.8, 4) is 6.07 Å². The number of aliphatic hydroxyl groups is 1. The third-order valence-corrected chi connectivity index (χ3v) is 3.28. The lowest BCUT2D eigenvalue weighted by Crippen LogP contribution is -2.12. The Morgan fingerprint density at radius 1 is 1.47 bits per heavy atom. The number of nitriles is 1. The second kappa shape index (κ2) is 5.07. The van der Waals surface area contributed by atoms with Gasteiger partial charge >= 0.3 is 0 Å². The van der Waals surface area contributed by atoms with Gasteiger partial charge in [-0.15, -0.1) is 0 Å². The van der Waals surface area contributed by atoms with Crippen molar-refractivity contribution in [2.45, 2.75) is 25.4 Å². The van der Waals surface area contributed by atoms with E-state index in [9.17, 15) is 5.11 Å². The minimum absolute atomic E-state index is 0.132. The first-order valence-corrected chi connectivity index (χ1v) is 5.90. The van der Waals surface area contributed by atoms with Crippen molar-refractivity contribution in [2.75, 3.05) is 17.6 Å². The van der Waals surface area contributed by atoms with E-state index in [4.69, 9.17) is 11.0 Å². The Kier molecular flexibility index (Phi) is 3.50. The Morgan fingerprint density at radius 2 is 2.29 bits per heavy atom. The molecule has 17 heavy (non-hydrogen) atoms. The van der Waals surface area contributed by atoms with Crippen LogP contribution in [0.15, 0.2) is 18.2 Å². The maximum absolute atomic E-state index is 9.43. The van der Waals surface area contributed by atoms with Crippen LogP contribution in [-0.2, 0) is 0 Å². The van der Waals surface area contributed by atoms with Crippen molar-refractivity contribution in [1.29, 1.82) is 5.26 Å². The molecule has 1 aliphatic carbocycles. The molecule has 0 spiro atoms. The van der Waals surface area contributed by atoms with Crippen molar-refractivity contribution in [1.82, 2.24) is 0 Å². The van der Waals surface area contributed by atoms with Crippen LogP contribution in [-0.4, -0.2) is 17.8 Å². The number of nitrogens with two attached hydrogens (primary N) is 1. The van der Waals surface area contributed by atoms with Crippen LogP contribution in [0, 0.1) is 17.2 Å². The van der Waals surface area contributed by atoms with Crippen molar-refractivity contribution < 1.29 is 5.11 Å². The van der Waals surface area contributed by atoms with E-state index in [1.54, 1.807) is 12.1 Å². The lowest BCUT2D eigenvalue weighted by molar-refractivity contribution is 0.178. The number of hydrogen-bond acceptors (Lipinski definition) is 4. The van der Waals surface area contributed by atoms with Crippen molar-refractivity contribution in [2.24, 2.45) is 5.92 Å². The topological polar surface area (TPSA) is 82.1 Å². The zero-order valence-electron chi connectivity index (χ0n) is 9.69. The zero-order chi connectivity index (χ0) is 12.3. The Bertz CT molecular complexity index is 439. The fourth-order valence-electron chi connectivity index (χ4n) is 2.27. The molecule has 0 aromatic heterocycles. The summed E-state index contributed by atoms with van der Waals surface area (Å²) in [5, 5.41) is 21.5. The summed E-state index contributed by atoms with van der Waals surface area (Å²) in [6.07, 6.45) is 2.72. The summed E-state index contributed by atoms with van der Waals surface area (Å²) in [7, 11) is 0. The van der Waals surface area contributed by atoms with E-state index in [2.05, 4.69) is 5.32 Å². The van der Waals surface area contributed by atoms with Crippen LogP contribution in [0.4, 0.5) is 11.4 Å². The first-order valence-electron chi connectivity index (χ1n) is 5.90. The SMILES string of the molecule is N#Cc1ccc(NCC2CCC(O)C2)cc1N. The highest BCUT2D eigenvalue weighted by Gasteiger charge is 2.22. The van der Waals surface area contributed by atoms with E-state index in [1.807, 2.05) is 12.1 Å². The highest BCUT2D eigenvalue weighted by atomic mass is 16.3. The molecule has 0 amide bonds. The average Bonchev–Trinajstić information content (AvgIpc) is 2.73. The number of hydrogen-bond donors (Lipinski definition) is 3. The van der Waals surface area contributed by atoms with Gasteiger partial charge in [-0.1, -0.05) is 0 Å². The Hall–Kier alpha value is -1.73. The maximum Gasteiger partial charge on any atom is 0.101 e. The lowest BCUT2D eigenvalue weighted by Gasteiger charge is -2.12. The number of rotatable bonds is 3. The molecule has 1 saturated carbocycles. The predicted molar refractivity (Wildman–Crippen MR) is 67.4 cm³/mol. The Morgan fingerprint density at radius 3 is 2.88 bits per heavy atom. The van der Waals surface area contributed by atoms with E-state index in [-0.39, 0.29) is 6.10 Å². The number of nitrogen functional groups attached to an aromatic ring is 1. The molecule has 0 saturated heterocycles. The summed E-state index contributed by atoms with van der Waals surface area (Å²) >= 11 is 0. The van der Waals surface area contributed by atoms with E-state index in [1.165, 1.54) is 0 Å². The standard InChI is InChI=1S/C13H17N3O/c14-7-10-2-3-11(6-13(10)15)16-8-9-1-4-12(17)5-9/h2-3,6,9,12,16-17H,1,4-5,8,15H2. The third-order valence-electron chi connectivity index (χ3n) is 3.28. The van der Waals surface area contributed by atoms with Gasteiger partial charge in [-0.3, -0.25) is 0 Å². The smallest absolute Gasteiger partial charge is 0.101 e.